The van der Waals surface area contributed by atoms with Crippen LogP contribution in [0.2, 0.25) is 0 Å². The lowest BCUT2D eigenvalue weighted by molar-refractivity contribution is -0.137. The summed E-state index contributed by atoms with van der Waals surface area (Å²) in [7, 11) is 1.07. The summed E-state index contributed by atoms with van der Waals surface area (Å²) in [5, 5.41) is 0. The normalized spacial score (nSPS) is 15.2. The molecule has 3 nitrogen and oxygen atoms in total. The highest BCUT2D eigenvalue weighted by molar-refractivity contribution is 6.01. The van der Waals surface area contributed by atoms with Crippen LogP contribution in [0.25, 0.3) is 0 Å². The molecule has 0 bridgehead atoms. The molecule has 0 spiro atoms. The van der Waals surface area contributed by atoms with Gasteiger partial charge in [0, 0.05) is 11.5 Å². The summed E-state index contributed by atoms with van der Waals surface area (Å²) in [6.45, 7) is 0. The molecular formula is C13H11F3O3. The minimum atomic E-state index is -4.61. The summed E-state index contributed by atoms with van der Waals surface area (Å²) in [4.78, 5) is 23.2. The first-order valence-corrected chi connectivity index (χ1v) is 5.67. The summed E-state index contributed by atoms with van der Waals surface area (Å²) in [6.07, 6.45) is -3.24. The summed E-state index contributed by atoms with van der Waals surface area (Å²) in [6, 6.07) is 2.63. The molecule has 6 heteroatoms. The number of ketones is 1. The number of benzene rings is 1. The zero-order valence-corrected chi connectivity index (χ0v) is 10.1. The zero-order chi connectivity index (χ0) is 14.2. The largest absolute Gasteiger partial charge is 0.465 e. The molecule has 0 heterocycles. The fourth-order valence-electron chi connectivity index (χ4n) is 1.75. The van der Waals surface area contributed by atoms with Crippen molar-refractivity contribution in [1.82, 2.24) is 0 Å². The fraction of sp³-hybridized carbons (Fsp3) is 0.385. The number of esters is 1. The quantitative estimate of drug-likeness (QED) is 0.627. The van der Waals surface area contributed by atoms with Crippen molar-refractivity contribution in [1.29, 1.82) is 0 Å². The molecule has 0 aromatic heterocycles. The number of rotatable bonds is 3. The van der Waals surface area contributed by atoms with Gasteiger partial charge in [-0.1, -0.05) is 0 Å². The first-order chi connectivity index (χ1) is 8.82. The van der Waals surface area contributed by atoms with Crippen LogP contribution < -0.4 is 0 Å². The smallest absolute Gasteiger partial charge is 0.416 e. The minimum Gasteiger partial charge on any atom is -0.465 e. The third-order valence-corrected chi connectivity index (χ3v) is 2.91. The average Bonchev–Trinajstić information content (AvgIpc) is 3.19. The van der Waals surface area contributed by atoms with Crippen molar-refractivity contribution in [2.24, 2.45) is 5.92 Å². The second kappa shape index (κ2) is 4.68. The van der Waals surface area contributed by atoms with Crippen molar-refractivity contribution in [2.75, 3.05) is 7.11 Å². The Hall–Kier alpha value is -1.85. The van der Waals surface area contributed by atoms with Crippen LogP contribution in [0.15, 0.2) is 18.2 Å². The maximum Gasteiger partial charge on any atom is 0.416 e. The van der Waals surface area contributed by atoms with E-state index in [1.807, 2.05) is 0 Å². The van der Waals surface area contributed by atoms with E-state index < -0.39 is 17.7 Å². The van der Waals surface area contributed by atoms with E-state index in [0.29, 0.717) is 18.9 Å². The first kappa shape index (κ1) is 13.6. The summed E-state index contributed by atoms with van der Waals surface area (Å²) < 4.78 is 42.6. The lowest BCUT2D eigenvalue weighted by atomic mass is 10.0. The van der Waals surface area contributed by atoms with Crippen molar-refractivity contribution in [3.8, 4) is 0 Å². The highest BCUT2D eigenvalue weighted by Crippen LogP contribution is 2.35. The van der Waals surface area contributed by atoms with Crippen LogP contribution in [0, 0.1) is 5.92 Å². The van der Waals surface area contributed by atoms with Crippen molar-refractivity contribution in [3.05, 3.63) is 34.9 Å². The van der Waals surface area contributed by atoms with Gasteiger partial charge in [0.2, 0.25) is 0 Å². The van der Waals surface area contributed by atoms with Crippen LogP contribution in [0.3, 0.4) is 0 Å². The molecule has 1 fully saturated rings. The number of carbonyl (C=O) groups is 2. The van der Waals surface area contributed by atoms with Crippen molar-refractivity contribution < 1.29 is 27.5 Å². The minimum absolute atomic E-state index is 0.0854. The second-order valence-electron chi connectivity index (χ2n) is 4.43. The average molecular weight is 272 g/mol. The molecule has 102 valence electrons. The Morgan fingerprint density at radius 2 is 1.74 bits per heavy atom. The van der Waals surface area contributed by atoms with Gasteiger partial charge in [0.05, 0.1) is 18.2 Å². The number of methoxy groups -OCH3 is 1. The number of carbonyl (C=O) groups excluding carboxylic acids is 2. The molecule has 0 saturated heterocycles. The summed E-state index contributed by atoms with van der Waals surface area (Å²) in [5.74, 6) is -1.46. The van der Waals surface area contributed by atoms with Gasteiger partial charge in [-0.05, 0) is 31.0 Å². The van der Waals surface area contributed by atoms with Crippen LogP contribution >= 0.6 is 0 Å². The highest BCUT2D eigenvalue weighted by atomic mass is 19.4. The standard InChI is InChI=1S/C13H11F3O3/c1-19-12(18)9-4-8(11(17)7-2-3-7)5-10(6-9)13(14,15)16/h4-7H,2-3H2,1H3. The SMILES string of the molecule is COC(=O)c1cc(C(=O)C2CC2)cc(C(F)(F)F)c1. The maximum atomic E-state index is 12.7. The monoisotopic (exact) mass is 272 g/mol. The van der Waals surface area contributed by atoms with Gasteiger partial charge in [-0.15, -0.1) is 0 Å². The molecule has 1 aliphatic rings. The van der Waals surface area contributed by atoms with E-state index in [9.17, 15) is 22.8 Å². The lowest BCUT2D eigenvalue weighted by Crippen LogP contribution is -2.12. The highest BCUT2D eigenvalue weighted by Gasteiger charge is 2.35. The predicted molar refractivity (Wildman–Crippen MR) is 59.8 cm³/mol. The summed E-state index contributed by atoms with van der Waals surface area (Å²) >= 11 is 0. The molecule has 0 aliphatic heterocycles. The molecule has 0 amide bonds. The van der Waals surface area contributed by atoms with E-state index in [2.05, 4.69) is 4.74 Å². The Morgan fingerprint density at radius 3 is 2.21 bits per heavy atom. The molecule has 19 heavy (non-hydrogen) atoms. The maximum absolute atomic E-state index is 12.7. The molecule has 0 unspecified atom stereocenters. The molecule has 2 rings (SSSR count). The van der Waals surface area contributed by atoms with E-state index in [0.717, 1.165) is 19.2 Å². The van der Waals surface area contributed by atoms with Gasteiger partial charge < -0.3 is 4.74 Å². The lowest BCUT2D eigenvalue weighted by Gasteiger charge is -2.10. The third kappa shape index (κ3) is 2.94. The molecule has 0 radical (unpaired) electrons. The van der Waals surface area contributed by atoms with Crippen LogP contribution in [-0.4, -0.2) is 18.9 Å². The Bertz CT molecular complexity index is 530. The third-order valence-electron chi connectivity index (χ3n) is 2.91. The van der Waals surface area contributed by atoms with Crippen LogP contribution in [0.1, 0.15) is 39.1 Å². The number of hydrogen-bond acceptors (Lipinski definition) is 3. The fourth-order valence-corrected chi connectivity index (χ4v) is 1.75. The van der Waals surface area contributed by atoms with Gasteiger partial charge >= 0.3 is 12.1 Å². The Morgan fingerprint density at radius 1 is 1.16 bits per heavy atom. The van der Waals surface area contributed by atoms with Gasteiger partial charge in [-0.25, -0.2) is 4.79 Å². The van der Waals surface area contributed by atoms with Gasteiger partial charge in [0.1, 0.15) is 0 Å². The Kier molecular flexibility index (Phi) is 3.34. The van der Waals surface area contributed by atoms with E-state index in [-0.39, 0.29) is 22.8 Å². The Balaban J connectivity index is 2.48. The molecular weight excluding hydrogens is 261 g/mol. The van der Waals surface area contributed by atoms with Crippen LogP contribution in [0.4, 0.5) is 13.2 Å². The van der Waals surface area contributed by atoms with Crippen LogP contribution in [-0.2, 0) is 10.9 Å². The topological polar surface area (TPSA) is 43.4 Å². The van der Waals surface area contributed by atoms with Crippen molar-refractivity contribution in [3.63, 3.8) is 0 Å². The van der Waals surface area contributed by atoms with Gasteiger partial charge in [-0.3, -0.25) is 4.79 Å². The number of alkyl halides is 3. The molecule has 1 saturated carbocycles. The molecule has 1 aromatic carbocycles. The number of Topliss-reactive ketones (excluding diaryl/α,β-unsaturated/α-hetero) is 1. The zero-order valence-electron chi connectivity index (χ0n) is 10.1. The molecule has 0 atom stereocenters. The van der Waals surface area contributed by atoms with Crippen molar-refractivity contribution in [2.45, 2.75) is 19.0 Å². The Labute approximate surface area is 107 Å². The number of hydrogen-bond donors (Lipinski definition) is 0. The van der Waals surface area contributed by atoms with Gasteiger partial charge in [0.25, 0.3) is 0 Å². The van der Waals surface area contributed by atoms with Crippen LogP contribution in [0.5, 0.6) is 0 Å². The van der Waals surface area contributed by atoms with E-state index >= 15 is 0 Å². The van der Waals surface area contributed by atoms with Gasteiger partial charge in [-0.2, -0.15) is 13.2 Å². The number of halogens is 3. The van der Waals surface area contributed by atoms with E-state index in [4.69, 9.17) is 0 Å². The first-order valence-electron chi connectivity index (χ1n) is 5.67. The molecule has 0 N–H and O–H groups in total. The number of ether oxygens (including phenoxy) is 1. The van der Waals surface area contributed by atoms with Crippen molar-refractivity contribution >= 4 is 11.8 Å². The van der Waals surface area contributed by atoms with E-state index in [1.54, 1.807) is 0 Å². The molecule has 1 aliphatic carbocycles. The van der Waals surface area contributed by atoms with E-state index in [1.165, 1.54) is 0 Å². The summed E-state index contributed by atoms with van der Waals surface area (Å²) in [5.41, 5.74) is -1.36. The predicted octanol–water partition coefficient (Wildman–Crippen LogP) is 3.08. The molecule has 1 aromatic rings. The van der Waals surface area contributed by atoms with Gasteiger partial charge in [0.15, 0.2) is 5.78 Å². The second-order valence-corrected chi connectivity index (χ2v) is 4.43.